The molecule has 0 aliphatic heterocycles. The molecule has 0 unspecified atom stereocenters. The first-order valence-corrected chi connectivity index (χ1v) is 6.80. The van der Waals surface area contributed by atoms with Crippen LogP contribution in [0.5, 0.6) is 11.5 Å². The molecule has 2 nitrogen and oxygen atoms in total. The van der Waals surface area contributed by atoms with E-state index in [0.29, 0.717) is 5.92 Å². The van der Waals surface area contributed by atoms with Gasteiger partial charge in [-0.1, -0.05) is 13.8 Å². The van der Waals surface area contributed by atoms with Gasteiger partial charge in [0.05, 0.1) is 12.7 Å². The molecule has 1 aromatic carbocycles. The molecule has 1 aromatic rings. The maximum absolute atomic E-state index is 5.82. The highest BCUT2D eigenvalue weighted by atomic mass is 16.5. The molecule has 0 saturated carbocycles. The average Bonchev–Trinajstić information content (AvgIpc) is 2.22. The first-order valence-electron chi connectivity index (χ1n) is 6.80. The summed E-state index contributed by atoms with van der Waals surface area (Å²) in [5.74, 6) is 2.61. The van der Waals surface area contributed by atoms with E-state index in [0.717, 1.165) is 35.7 Å². The SMILES string of the molecule is Cc1cc(OCCC(C)C)cc(C)c1OC(C)C. The number of ether oxygens (including phenoxy) is 2. The minimum absolute atomic E-state index is 0.204. The third kappa shape index (κ3) is 4.59. The van der Waals surface area contributed by atoms with Gasteiger partial charge in [0.15, 0.2) is 0 Å². The quantitative estimate of drug-likeness (QED) is 0.739. The Balaban J connectivity index is 2.73. The van der Waals surface area contributed by atoms with E-state index < -0.39 is 0 Å². The van der Waals surface area contributed by atoms with E-state index in [-0.39, 0.29) is 6.10 Å². The molecule has 0 amide bonds. The standard InChI is InChI=1S/C16H26O2/c1-11(2)7-8-17-15-9-13(5)16(14(6)10-15)18-12(3)4/h9-12H,7-8H2,1-6H3. The molecule has 1 rings (SSSR count). The van der Waals surface area contributed by atoms with Gasteiger partial charge in [-0.15, -0.1) is 0 Å². The monoisotopic (exact) mass is 250 g/mol. The Morgan fingerprint density at radius 3 is 2.00 bits per heavy atom. The molecule has 0 radical (unpaired) electrons. The van der Waals surface area contributed by atoms with Crippen molar-refractivity contribution in [3.05, 3.63) is 23.3 Å². The van der Waals surface area contributed by atoms with Crippen LogP contribution in [0.25, 0.3) is 0 Å². The highest BCUT2D eigenvalue weighted by molar-refractivity contribution is 5.46. The number of rotatable bonds is 6. The van der Waals surface area contributed by atoms with E-state index in [4.69, 9.17) is 9.47 Å². The van der Waals surface area contributed by atoms with Crippen molar-refractivity contribution in [1.82, 2.24) is 0 Å². The fraction of sp³-hybridized carbons (Fsp3) is 0.625. The van der Waals surface area contributed by atoms with Gasteiger partial charge >= 0.3 is 0 Å². The van der Waals surface area contributed by atoms with Crippen molar-refractivity contribution in [1.29, 1.82) is 0 Å². The second-order valence-electron chi connectivity index (χ2n) is 5.58. The lowest BCUT2D eigenvalue weighted by Crippen LogP contribution is -2.08. The molecule has 0 bridgehead atoms. The average molecular weight is 250 g/mol. The fourth-order valence-corrected chi connectivity index (χ4v) is 1.83. The maximum Gasteiger partial charge on any atom is 0.125 e. The summed E-state index contributed by atoms with van der Waals surface area (Å²) in [4.78, 5) is 0. The fourth-order valence-electron chi connectivity index (χ4n) is 1.83. The Bertz CT molecular complexity index is 358. The zero-order chi connectivity index (χ0) is 13.7. The molecular formula is C16H26O2. The van der Waals surface area contributed by atoms with Crippen LogP contribution in [0.4, 0.5) is 0 Å². The molecule has 0 saturated heterocycles. The highest BCUT2D eigenvalue weighted by Gasteiger charge is 2.09. The molecule has 0 spiro atoms. The Kier molecular flexibility index (Phi) is 5.52. The van der Waals surface area contributed by atoms with E-state index in [1.165, 1.54) is 0 Å². The van der Waals surface area contributed by atoms with Crippen molar-refractivity contribution in [2.75, 3.05) is 6.61 Å². The highest BCUT2D eigenvalue weighted by Crippen LogP contribution is 2.29. The molecule has 0 heterocycles. The van der Waals surface area contributed by atoms with Gasteiger partial charge in [0.25, 0.3) is 0 Å². The van der Waals surface area contributed by atoms with Crippen molar-refractivity contribution < 1.29 is 9.47 Å². The van der Waals surface area contributed by atoms with Gasteiger partial charge in [-0.25, -0.2) is 0 Å². The Hall–Kier alpha value is -1.18. The molecular weight excluding hydrogens is 224 g/mol. The maximum atomic E-state index is 5.82. The van der Waals surface area contributed by atoms with E-state index >= 15 is 0 Å². The van der Waals surface area contributed by atoms with Crippen LogP contribution >= 0.6 is 0 Å². The van der Waals surface area contributed by atoms with Crippen LogP contribution in [0.1, 0.15) is 45.2 Å². The molecule has 0 aliphatic rings. The number of benzene rings is 1. The first kappa shape index (κ1) is 14.9. The van der Waals surface area contributed by atoms with Crippen molar-refractivity contribution in [2.24, 2.45) is 5.92 Å². The zero-order valence-corrected chi connectivity index (χ0v) is 12.5. The molecule has 0 aliphatic carbocycles. The van der Waals surface area contributed by atoms with E-state index in [2.05, 4.69) is 39.8 Å². The van der Waals surface area contributed by atoms with Gasteiger partial charge < -0.3 is 9.47 Å². The van der Waals surface area contributed by atoms with Crippen LogP contribution in [-0.4, -0.2) is 12.7 Å². The van der Waals surface area contributed by atoms with Crippen LogP contribution < -0.4 is 9.47 Å². The van der Waals surface area contributed by atoms with Crippen molar-refractivity contribution in [2.45, 2.75) is 54.1 Å². The lowest BCUT2D eigenvalue weighted by atomic mass is 10.1. The van der Waals surface area contributed by atoms with Gasteiger partial charge in [-0.3, -0.25) is 0 Å². The van der Waals surface area contributed by atoms with Crippen molar-refractivity contribution in [3.8, 4) is 11.5 Å². The van der Waals surface area contributed by atoms with Crippen LogP contribution in [0.15, 0.2) is 12.1 Å². The third-order valence-electron chi connectivity index (χ3n) is 2.75. The molecule has 2 heteroatoms. The molecule has 102 valence electrons. The summed E-state index contributed by atoms with van der Waals surface area (Å²) < 4.78 is 11.6. The van der Waals surface area contributed by atoms with Crippen LogP contribution in [0, 0.1) is 19.8 Å². The van der Waals surface area contributed by atoms with Crippen LogP contribution in [0.2, 0.25) is 0 Å². The number of aryl methyl sites for hydroxylation is 2. The lowest BCUT2D eigenvalue weighted by Gasteiger charge is -2.17. The van der Waals surface area contributed by atoms with Gasteiger partial charge in [-0.05, 0) is 63.3 Å². The number of hydrogen-bond donors (Lipinski definition) is 0. The topological polar surface area (TPSA) is 18.5 Å². The van der Waals surface area contributed by atoms with Crippen LogP contribution in [0.3, 0.4) is 0 Å². The second kappa shape index (κ2) is 6.67. The van der Waals surface area contributed by atoms with E-state index in [1.54, 1.807) is 0 Å². The summed E-state index contributed by atoms with van der Waals surface area (Å²) in [7, 11) is 0. The largest absolute Gasteiger partial charge is 0.494 e. The summed E-state index contributed by atoms with van der Waals surface area (Å²) in [5, 5.41) is 0. The molecule has 0 atom stereocenters. The predicted molar refractivity (Wildman–Crippen MR) is 76.6 cm³/mol. The van der Waals surface area contributed by atoms with Crippen molar-refractivity contribution >= 4 is 0 Å². The third-order valence-corrected chi connectivity index (χ3v) is 2.75. The van der Waals surface area contributed by atoms with Gasteiger partial charge in [0, 0.05) is 0 Å². The Labute approximate surface area is 111 Å². The number of hydrogen-bond acceptors (Lipinski definition) is 2. The molecule has 18 heavy (non-hydrogen) atoms. The minimum atomic E-state index is 0.204. The zero-order valence-electron chi connectivity index (χ0n) is 12.5. The van der Waals surface area contributed by atoms with Gasteiger partial charge in [0.2, 0.25) is 0 Å². The molecule has 0 fully saturated rings. The summed E-state index contributed by atoms with van der Waals surface area (Å²) in [5.41, 5.74) is 2.28. The van der Waals surface area contributed by atoms with E-state index in [1.807, 2.05) is 13.8 Å². The lowest BCUT2D eigenvalue weighted by molar-refractivity contribution is 0.238. The smallest absolute Gasteiger partial charge is 0.125 e. The summed E-state index contributed by atoms with van der Waals surface area (Å²) in [6.45, 7) is 13.4. The molecule has 0 N–H and O–H groups in total. The van der Waals surface area contributed by atoms with Gasteiger partial charge in [-0.2, -0.15) is 0 Å². The summed E-state index contributed by atoms with van der Waals surface area (Å²) >= 11 is 0. The van der Waals surface area contributed by atoms with E-state index in [9.17, 15) is 0 Å². The Morgan fingerprint density at radius 2 is 1.56 bits per heavy atom. The first-order chi connectivity index (χ1) is 8.40. The van der Waals surface area contributed by atoms with Crippen LogP contribution in [-0.2, 0) is 0 Å². The van der Waals surface area contributed by atoms with Crippen molar-refractivity contribution in [3.63, 3.8) is 0 Å². The molecule has 0 aromatic heterocycles. The second-order valence-corrected chi connectivity index (χ2v) is 5.58. The predicted octanol–water partition coefficient (Wildman–Crippen LogP) is 4.52. The summed E-state index contributed by atoms with van der Waals surface area (Å²) in [6, 6.07) is 4.12. The Morgan fingerprint density at radius 1 is 1.00 bits per heavy atom. The minimum Gasteiger partial charge on any atom is -0.494 e. The normalized spacial score (nSPS) is 11.1. The summed E-state index contributed by atoms with van der Waals surface area (Å²) in [6.07, 6.45) is 1.29. The van der Waals surface area contributed by atoms with Gasteiger partial charge in [0.1, 0.15) is 11.5 Å².